The normalized spacial score (nSPS) is 10.3. The minimum Gasteiger partial charge on any atom is -0.493 e. The highest BCUT2D eigenvalue weighted by atomic mass is 16.6. The van der Waals surface area contributed by atoms with Gasteiger partial charge in [0.05, 0.1) is 36.2 Å². The second kappa shape index (κ2) is 11.4. The number of nitro groups is 2. The second-order valence-electron chi connectivity index (χ2n) is 5.95. The summed E-state index contributed by atoms with van der Waals surface area (Å²) in [5, 5.41) is 21.8. The van der Waals surface area contributed by atoms with Gasteiger partial charge in [-0.2, -0.15) is 0 Å². The van der Waals surface area contributed by atoms with Crippen molar-refractivity contribution in [3.8, 4) is 17.2 Å². The van der Waals surface area contributed by atoms with Gasteiger partial charge >= 0.3 is 5.69 Å². The summed E-state index contributed by atoms with van der Waals surface area (Å²) in [6.07, 6.45) is 2.53. The number of hydrogen-bond donors (Lipinski definition) is 0. The molecule has 0 bridgehead atoms. The van der Waals surface area contributed by atoms with Gasteiger partial charge in [-0.1, -0.05) is 12.1 Å². The topological polar surface area (TPSA) is 123 Å². The molecule has 0 heterocycles. The quantitative estimate of drug-likeness (QED) is 0.209. The van der Waals surface area contributed by atoms with E-state index >= 15 is 0 Å². The van der Waals surface area contributed by atoms with E-state index in [2.05, 4.69) is 6.58 Å². The molecule has 2 aromatic rings. The summed E-state index contributed by atoms with van der Waals surface area (Å²) in [7, 11) is 1.56. The molecule has 10 heteroatoms. The van der Waals surface area contributed by atoms with Crippen LogP contribution >= 0.6 is 0 Å². The third-order valence-electron chi connectivity index (χ3n) is 3.93. The highest BCUT2D eigenvalue weighted by Crippen LogP contribution is 2.31. The molecule has 2 rings (SSSR count). The van der Waals surface area contributed by atoms with E-state index < -0.39 is 15.5 Å². The molecule has 0 fully saturated rings. The molecule has 0 saturated heterocycles. The lowest BCUT2D eigenvalue weighted by Gasteiger charge is -2.12. The predicted octanol–water partition coefficient (Wildman–Crippen LogP) is 3.71. The Hall–Kier alpha value is -3.66. The van der Waals surface area contributed by atoms with Gasteiger partial charge in [-0.05, 0) is 30.2 Å². The Morgan fingerprint density at radius 3 is 2.17 bits per heavy atom. The summed E-state index contributed by atoms with van der Waals surface area (Å²) >= 11 is 0. The number of nitrogens with zero attached hydrogens (tertiary/aromatic N) is 2. The van der Waals surface area contributed by atoms with Crippen LogP contribution in [0.15, 0.2) is 49.1 Å². The molecule has 2 aromatic carbocycles. The van der Waals surface area contributed by atoms with Crippen molar-refractivity contribution >= 4 is 11.4 Å². The van der Waals surface area contributed by atoms with Gasteiger partial charge in [0.25, 0.3) is 5.69 Å². The second-order valence-corrected chi connectivity index (χ2v) is 5.95. The summed E-state index contributed by atoms with van der Waals surface area (Å²) in [6.45, 7) is 4.44. The Morgan fingerprint density at radius 1 is 0.900 bits per heavy atom. The molecule has 0 radical (unpaired) electrons. The number of allylic oxidation sites excluding steroid dienone is 1. The van der Waals surface area contributed by atoms with Gasteiger partial charge in [0.15, 0.2) is 17.2 Å². The first-order valence-corrected chi connectivity index (χ1v) is 9.00. The Morgan fingerprint density at radius 2 is 1.57 bits per heavy atom. The highest BCUT2D eigenvalue weighted by molar-refractivity contribution is 5.53. The lowest BCUT2D eigenvalue weighted by molar-refractivity contribution is -0.394. The van der Waals surface area contributed by atoms with Crippen LogP contribution in [0.4, 0.5) is 11.4 Å². The van der Waals surface area contributed by atoms with Crippen LogP contribution in [0.25, 0.3) is 0 Å². The monoisotopic (exact) mass is 418 g/mol. The number of benzene rings is 2. The Labute approximate surface area is 172 Å². The van der Waals surface area contributed by atoms with E-state index in [1.807, 2.05) is 18.2 Å². The molecular weight excluding hydrogens is 396 g/mol. The molecule has 160 valence electrons. The standard InChI is InChI=1S/C20H22N2O8/c1-3-4-15-5-7-19(20(13-15)27-2)30-12-10-28-9-11-29-18-8-6-16(21(23)24)14-17(18)22(25)26/h3,5-8,13-14H,1,4,9-12H2,2H3. The van der Waals surface area contributed by atoms with Gasteiger partial charge in [0, 0.05) is 6.07 Å². The fourth-order valence-electron chi connectivity index (χ4n) is 2.53. The van der Waals surface area contributed by atoms with Gasteiger partial charge in [-0.25, -0.2) is 0 Å². The van der Waals surface area contributed by atoms with Crippen LogP contribution in [-0.2, 0) is 11.2 Å². The first-order valence-electron chi connectivity index (χ1n) is 9.00. The van der Waals surface area contributed by atoms with Crippen LogP contribution in [0.2, 0.25) is 0 Å². The van der Waals surface area contributed by atoms with E-state index in [9.17, 15) is 20.2 Å². The van der Waals surface area contributed by atoms with Gasteiger partial charge in [0.1, 0.15) is 13.2 Å². The number of rotatable bonds is 13. The first-order chi connectivity index (χ1) is 14.5. The van der Waals surface area contributed by atoms with E-state index in [1.54, 1.807) is 13.2 Å². The summed E-state index contributed by atoms with van der Waals surface area (Å²) in [4.78, 5) is 20.4. The number of ether oxygens (including phenoxy) is 4. The number of non-ortho nitro benzene ring substituents is 1. The van der Waals surface area contributed by atoms with Crippen molar-refractivity contribution in [2.24, 2.45) is 0 Å². The van der Waals surface area contributed by atoms with Crippen molar-refractivity contribution in [3.05, 3.63) is 74.8 Å². The Kier molecular flexibility index (Phi) is 8.57. The van der Waals surface area contributed by atoms with Gasteiger partial charge < -0.3 is 18.9 Å². The Bertz CT molecular complexity index is 900. The van der Waals surface area contributed by atoms with Crippen molar-refractivity contribution in [1.29, 1.82) is 0 Å². The van der Waals surface area contributed by atoms with Crippen molar-refractivity contribution in [2.75, 3.05) is 33.5 Å². The number of nitro benzene ring substituents is 2. The van der Waals surface area contributed by atoms with Gasteiger partial charge in [-0.15, -0.1) is 6.58 Å². The zero-order chi connectivity index (χ0) is 21.9. The summed E-state index contributed by atoms with van der Waals surface area (Å²) in [6, 6.07) is 8.81. The van der Waals surface area contributed by atoms with E-state index in [0.29, 0.717) is 11.5 Å². The van der Waals surface area contributed by atoms with Gasteiger partial charge in [0.2, 0.25) is 0 Å². The average Bonchev–Trinajstić information content (AvgIpc) is 2.73. The Balaban J connectivity index is 1.76. The lowest BCUT2D eigenvalue weighted by Crippen LogP contribution is -2.13. The molecular formula is C20H22N2O8. The van der Waals surface area contributed by atoms with E-state index in [0.717, 1.165) is 24.1 Å². The maximum Gasteiger partial charge on any atom is 0.317 e. The predicted molar refractivity (Wildman–Crippen MR) is 108 cm³/mol. The molecule has 0 unspecified atom stereocenters. The third kappa shape index (κ3) is 6.45. The molecule has 0 N–H and O–H groups in total. The van der Waals surface area contributed by atoms with Crippen LogP contribution < -0.4 is 14.2 Å². The fourth-order valence-corrected chi connectivity index (χ4v) is 2.53. The molecule has 0 saturated carbocycles. The van der Waals surface area contributed by atoms with Crippen molar-refractivity contribution in [2.45, 2.75) is 6.42 Å². The molecule has 0 spiro atoms. The third-order valence-corrected chi connectivity index (χ3v) is 3.93. The number of hydrogen-bond acceptors (Lipinski definition) is 8. The molecule has 0 aliphatic rings. The smallest absolute Gasteiger partial charge is 0.317 e. The molecule has 0 atom stereocenters. The van der Waals surface area contributed by atoms with Crippen LogP contribution in [-0.4, -0.2) is 43.4 Å². The van der Waals surface area contributed by atoms with Crippen molar-refractivity contribution in [3.63, 3.8) is 0 Å². The molecule has 0 aliphatic carbocycles. The SMILES string of the molecule is C=CCc1ccc(OCCOCCOc2ccc([N+](=O)[O-])cc2[N+](=O)[O-])c(OC)c1. The molecule has 0 amide bonds. The van der Waals surface area contributed by atoms with Gasteiger partial charge in [-0.3, -0.25) is 20.2 Å². The molecule has 0 aromatic heterocycles. The minimum atomic E-state index is -0.731. The zero-order valence-electron chi connectivity index (χ0n) is 16.4. The lowest BCUT2D eigenvalue weighted by atomic mass is 10.1. The number of methoxy groups -OCH3 is 1. The summed E-state index contributed by atoms with van der Waals surface area (Å²) in [5.74, 6) is 1.14. The fraction of sp³-hybridized carbons (Fsp3) is 0.300. The maximum absolute atomic E-state index is 11.1. The largest absolute Gasteiger partial charge is 0.493 e. The van der Waals surface area contributed by atoms with E-state index in [-0.39, 0.29) is 37.9 Å². The molecule has 10 nitrogen and oxygen atoms in total. The summed E-state index contributed by atoms with van der Waals surface area (Å²) in [5.41, 5.74) is 0.206. The highest BCUT2D eigenvalue weighted by Gasteiger charge is 2.20. The average molecular weight is 418 g/mol. The van der Waals surface area contributed by atoms with E-state index in [1.165, 1.54) is 6.07 Å². The first kappa shape index (κ1) is 22.6. The van der Waals surface area contributed by atoms with Crippen molar-refractivity contribution in [1.82, 2.24) is 0 Å². The van der Waals surface area contributed by atoms with Crippen LogP contribution in [0.1, 0.15) is 5.56 Å². The summed E-state index contributed by atoms with van der Waals surface area (Å²) < 4.78 is 21.7. The van der Waals surface area contributed by atoms with Crippen LogP contribution in [0, 0.1) is 20.2 Å². The van der Waals surface area contributed by atoms with Crippen molar-refractivity contribution < 1.29 is 28.8 Å². The zero-order valence-corrected chi connectivity index (χ0v) is 16.4. The van der Waals surface area contributed by atoms with Crippen LogP contribution in [0.5, 0.6) is 17.2 Å². The van der Waals surface area contributed by atoms with E-state index in [4.69, 9.17) is 18.9 Å². The molecule has 30 heavy (non-hydrogen) atoms. The van der Waals surface area contributed by atoms with Crippen LogP contribution in [0.3, 0.4) is 0 Å². The maximum atomic E-state index is 11.1. The minimum absolute atomic E-state index is 0.0399. The molecule has 0 aliphatic heterocycles.